The van der Waals surface area contributed by atoms with Crippen molar-refractivity contribution in [3.63, 3.8) is 0 Å². The number of hydrogen-bond donors (Lipinski definition) is 2. The van der Waals surface area contributed by atoms with E-state index in [1.54, 1.807) is 0 Å². The van der Waals surface area contributed by atoms with Crippen molar-refractivity contribution in [3.05, 3.63) is 65.2 Å². The first-order valence-electron chi connectivity index (χ1n) is 6.42. The second-order valence-corrected chi connectivity index (χ2v) is 4.41. The lowest BCUT2D eigenvalue weighted by molar-refractivity contribution is 0.102. The summed E-state index contributed by atoms with van der Waals surface area (Å²) >= 11 is 0. The molecule has 3 N–H and O–H groups in total. The lowest BCUT2D eigenvalue weighted by Crippen LogP contribution is -2.11. The van der Waals surface area contributed by atoms with Gasteiger partial charge in [-0.25, -0.2) is 0 Å². The molecule has 2 aromatic rings. The fourth-order valence-corrected chi connectivity index (χ4v) is 1.82. The van der Waals surface area contributed by atoms with E-state index in [-0.39, 0.29) is 5.91 Å². The van der Waals surface area contributed by atoms with Crippen molar-refractivity contribution in [1.29, 1.82) is 0 Å². The smallest absolute Gasteiger partial charge is 0.255 e. The van der Waals surface area contributed by atoms with Gasteiger partial charge in [0.2, 0.25) is 0 Å². The SMILES string of the molecule is CCc1ccc(C(=O)Nc2ccc(CN)cc2)cc1. The van der Waals surface area contributed by atoms with Crippen LogP contribution in [0.25, 0.3) is 0 Å². The van der Waals surface area contributed by atoms with E-state index in [0.717, 1.165) is 17.7 Å². The lowest BCUT2D eigenvalue weighted by Gasteiger charge is -2.06. The monoisotopic (exact) mass is 254 g/mol. The van der Waals surface area contributed by atoms with Gasteiger partial charge in [-0.2, -0.15) is 0 Å². The number of hydrogen-bond acceptors (Lipinski definition) is 2. The lowest BCUT2D eigenvalue weighted by atomic mass is 10.1. The van der Waals surface area contributed by atoms with E-state index in [4.69, 9.17) is 5.73 Å². The molecule has 0 unspecified atom stereocenters. The molecule has 0 aliphatic heterocycles. The third kappa shape index (κ3) is 3.42. The van der Waals surface area contributed by atoms with E-state index in [9.17, 15) is 4.79 Å². The largest absolute Gasteiger partial charge is 0.326 e. The summed E-state index contributed by atoms with van der Waals surface area (Å²) in [5.74, 6) is -0.0943. The minimum absolute atomic E-state index is 0.0943. The highest BCUT2D eigenvalue weighted by molar-refractivity contribution is 6.04. The average molecular weight is 254 g/mol. The van der Waals surface area contributed by atoms with Crippen LogP contribution in [0.3, 0.4) is 0 Å². The molecule has 0 saturated carbocycles. The summed E-state index contributed by atoms with van der Waals surface area (Å²) in [6.07, 6.45) is 0.975. The van der Waals surface area contributed by atoms with Crippen LogP contribution in [0.4, 0.5) is 5.69 Å². The molecule has 0 saturated heterocycles. The number of carbonyl (C=O) groups excluding carboxylic acids is 1. The quantitative estimate of drug-likeness (QED) is 0.881. The summed E-state index contributed by atoms with van der Waals surface area (Å²) in [6.45, 7) is 2.60. The van der Waals surface area contributed by atoms with Crippen LogP contribution in [0, 0.1) is 0 Å². The van der Waals surface area contributed by atoms with E-state index in [2.05, 4.69) is 12.2 Å². The molecular weight excluding hydrogens is 236 g/mol. The molecule has 0 atom stereocenters. The van der Waals surface area contributed by atoms with Gasteiger partial charge in [-0.3, -0.25) is 4.79 Å². The molecule has 0 radical (unpaired) electrons. The topological polar surface area (TPSA) is 55.1 Å². The Morgan fingerprint density at radius 3 is 2.11 bits per heavy atom. The highest BCUT2D eigenvalue weighted by Crippen LogP contribution is 2.12. The number of anilines is 1. The van der Waals surface area contributed by atoms with Gasteiger partial charge in [0.05, 0.1) is 0 Å². The fraction of sp³-hybridized carbons (Fsp3) is 0.188. The van der Waals surface area contributed by atoms with Crippen LogP contribution >= 0.6 is 0 Å². The van der Waals surface area contributed by atoms with Crippen LogP contribution < -0.4 is 11.1 Å². The van der Waals surface area contributed by atoms with E-state index < -0.39 is 0 Å². The van der Waals surface area contributed by atoms with Crippen molar-refractivity contribution in [2.45, 2.75) is 19.9 Å². The second-order valence-electron chi connectivity index (χ2n) is 4.41. The van der Waals surface area contributed by atoms with Crippen LogP contribution in [-0.4, -0.2) is 5.91 Å². The summed E-state index contributed by atoms with van der Waals surface area (Å²) in [5, 5.41) is 2.87. The summed E-state index contributed by atoms with van der Waals surface area (Å²) in [7, 11) is 0. The number of rotatable bonds is 4. The minimum atomic E-state index is -0.0943. The Hall–Kier alpha value is -2.13. The van der Waals surface area contributed by atoms with E-state index in [1.807, 2.05) is 48.5 Å². The normalized spacial score (nSPS) is 10.2. The van der Waals surface area contributed by atoms with E-state index in [1.165, 1.54) is 5.56 Å². The van der Waals surface area contributed by atoms with Crippen LogP contribution in [0.2, 0.25) is 0 Å². The number of benzene rings is 2. The van der Waals surface area contributed by atoms with Gasteiger partial charge in [0, 0.05) is 17.8 Å². The average Bonchev–Trinajstić information content (AvgIpc) is 2.48. The van der Waals surface area contributed by atoms with Crippen LogP contribution in [0.5, 0.6) is 0 Å². The van der Waals surface area contributed by atoms with Crippen LogP contribution in [0.1, 0.15) is 28.4 Å². The van der Waals surface area contributed by atoms with Gasteiger partial charge < -0.3 is 11.1 Å². The van der Waals surface area contributed by atoms with Gasteiger partial charge in [0.25, 0.3) is 5.91 Å². The molecule has 0 heterocycles. The van der Waals surface area contributed by atoms with E-state index >= 15 is 0 Å². The van der Waals surface area contributed by atoms with Crippen LogP contribution in [-0.2, 0) is 13.0 Å². The minimum Gasteiger partial charge on any atom is -0.326 e. The summed E-state index contributed by atoms with van der Waals surface area (Å²) < 4.78 is 0. The zero-order valence-electron chi connectivity index (χ0n) is 11.0. The van der Waals surface area contributed by atoms with Crippen LogP contribution in [0.15, 0.2) is 48.5 Å². The Labute approximate surface area is 113 Å². The molecule has 0 fully saturated rings. The predicted octanol–water partition coefficient (Wildman–Crippen LogP) is 2.96. The van der Waals surface area contributed by atoms with Gasteiger partial charge in [0.15, 0.2) is 0 Å². The zero-order chi connectivity index (χ0) is 13.7. The number of nitrogens with two attached hydrogens (primary N) is 1. The number of nitrogens with one attached hydrogen (secondary N) is 1. The highest BCUT2D eigenvalue weighted by atomic mass is 16.1. The first-order chi connectivity index (χ1) is 9.22. The van der Waals surface area contributed by atoms with Crippen molar-refractivity contribution >= 4 is 11.6 Å². The first-order valence-corrected chi connectivity index (χ1v) is 6.42. The summed E-state index contributed by atoms with van der Waals surface area (Å²) in [4.78, 5) is 12.0. The molecule has 3 heteroatoms. The zero-order valence-corrected chi connectivity index (χ0v) is 11.0. The maximum atomic E-state index is 12.0. The van der Waals surface area contributed by atoms with Gasteiger partial charge >= 0.3 is 0 Å². The molecule has 0 aromatic heterocycles. The van der Waals surface area contributed by atoms with Gasteiger partial charge in [-0.15, -0.1) is 0 Å². The molecule has 1 amide bonds. The molecule has 3 nitrogen and oxygen atoms in total. The molecular formula is C16H18N2O. The third-order valence-corrected chi connectivity index (χ3v) is 3.07. The summed E-state index contributed by atoms with van der Waals surface area (Å²) in [6, 6.07) is 15.2. The molecule has 0 bridgehead atoms. The molecule has 19 heavy (non-hydrogen) atoms. The van der Waals surface area contributed by atoms with Gasteiger partial charge in [0.1, 0.15) is 0 Å². The number of carbonyl (C=O) groups is 1. The molecule has 0 aliphatic carbocycles. The standard InChI is InChI=1S/C16H18N2O/c1-2-12-3-7-14(8-4-12)16(19)18-15-9-5-13(11-17)6-10-15/h3-10H,2,11,17H2,1H3,(H,18,19). The molecule has 0 spiro atoms. The second kappa shape index (κ2) is 6.16. The van der Waals surface area contributed by atoms with Crippen molar-refractivity contribution < 1.29 is 4.79 Å². The fourth-order valence-electron chi connectivity index (χ4n) is 1.82. The molecule has 0 aliphatic rings. The van der Waals surface area contributed by atoms with Crippen molar-refractivity contribution in [3.8, 4) is 0 Å². The Balaban J connectivity index is 2.06. The summed E-state index contributed by atoms with van der Waals surface area (Å²) in [5.41, 5.74) is 9.25. The number of amides is 1. The Bertz CT molecular complexity index is 544. The van der Waals surface area contributed by atoms with E-state index in [0.29, 0.717) is 12.1 Å². The Morgan fingerprint density at radius 1 is 1.00 bits per heavy atom. The van der Waals surface area contributed by atoms with Crippen molar-refractivity contribution in [2.75, 3.05) is 5.32 Å². The molecule has 2 rings (SSSR count). The van der Waals surface area contributed by atoms with Crippen molar-refractivity contribution in [1.82, 2.24) is 0 Å². The maximum absolute atomic E-state index is 12.0. The highest BCUT2D eigenvalue weighted by Gasteiger charge is 2.05. The molecule has 2 aromatic carbocycles. The maximum Gasteiger partial charge on any atom is 0.255 e. The Morgan fingerprint density at radius 2 is 1.58 bits per heavy atom. The first kappa shape index (κ1) is 13.3. The number of aryl methyl sites for hydroxylation is 1. The Kier molecular flexibility index (Phi) is 4.31. The van der Waals surface area contributed by atoms with Gasteiger partial charge in [-0.05, 0) is 41.8 Å². The van der Waals surface area contributed by atoms with Crippen molar-refractivity contribution in [2.24, 2.45) is 5.73 Å². The third-order valence-electron chi connectivity index (χ3n) is 3.07. The molecule has 98 valence electrons. The predicted molar refractivity (Wildman–Crippen MR) is 78.1 cm³/mol. The van der Waals surface area contributed by atoms with Gasteiger partial charge in [-0.1, -0.05) is 31.2 Å².